The lowest BCUT2D eigenvalue weighted by Crippen LogP contribution is -2.36. The van der Waals surface area contributed by atoms with Crippen molar-refractivity contribution in [3.8, 4) is 0 Å². The van der Waals surface area contributed by atoms with Crippen LogP contribution in [0.15, 0.2) is 0 Å². The molecule has 10 nitrogen and oxygen atoms in total. The van der Waals surface area contributed by atoms with Crippen LogP contribution in [0.2, 0.25) is 0 Å². The zero-order valence-corrected chi connectivity index (χ0v) is 10.1. The van der Waals surface area contributed by atoms with Gasteiger partial charge in [0.25, 0.3) is 21.9 Å². The molecule has 0 aliphatic carbocycles. The molecule has 1 aliphatic rings. The highest BCUT2D eigenvalue weighted by Gasteiger charge is 2.48. The number of imide groups is 1. The average Bonchev–Trinajstić information content (AvgIpc) is 2.54. The lowest BCUT2D eigenvalue weighted by atomic mass is 10.3. The molecule has 0 aromatic heterocycles. The Balaban J connectivity index is 2.70. The molecule has 0 unspecified atom stereocenters. The van der Waals surface area contributed by atoms with Crippen LogP contribution in [0.1, 0.15) is 19.3 Å². The van der Waals surface area contributed by atoms with Gasteiger partial charge in [0.15, 0.2) is 5.25 Å². The predicted molar refractivity (Wildman–Crippen MR) is 54.8 cm³/mol. The van der Waals surface area contributed by atoms with E-state index in [0.717, 1.165) is 0 Å². The molecule has 0 bridgehead atoms. The largest absolute Gasteiger partial charge is 0.481 e. The number of hydrogen-bond acceptors (Lipinski definition) is 7. The fourth-order valence-corrected chi connectivity index (χ4v) is 1.97. The van der Waals surface area contributed by atoms with Crippen molar-refractivity contribution in [3.63, 3.8) is 0 Å². The van der Waals surface area contributed by atoms with E-state index >= 15 is 0 Å². The van der Waals surface area contributed by atoms with E-state index in [0.29, 0.717) is 0 Å². The summed E-state index contributed by atoms with van der Waals surface area (Å²) in [7, 11) is -4.78. The molecule has 106 valence electrons. The zero-order chi connectivity index (χ0) is 14.8. The van der Waals surface area contributed by atoms with Gasteiger partial charge >= 0.3 is 11.9 Å². The quantitative estimate of drug-likeness (QED) is 0.447. The lowest BCUT2D eigenvalue weighted by Gasteiger charge is -2.12. The van der Waals surface area contributed by atoms with Crippen molar-refractivity contribution in [2.45, 2.75) is 24.5 Å². The number of carbonyl (C=O) groups is 4. The molecule has 0 saturated carbocycles. The van der Waals surface area contributed by atoms with Gasteiger partial charge in [-0.05, 0) is 0 Å². The first-order valence-electron chi connectivity index (χ1n) is 4.88. The molecule has 19 heavy (non-hydrogen) atoms. The number of carbonyl (C=O) groups excluding carboxylic acids is 3. The molecular formula is C8H9NO9S. The second-order valence-electron chi connectivity index (χ2n) is 3.59. The second-order valence-corrected chi connectivity index (χ2v) is 5.19. The summed E-state index contributed by atoms with van der Waals surface area (Å²) in [6.45, 7) is 0. The van der Waals surface area contributed by atoms with E-state index in [4.69, 9.17) is 9.66 Å². The number of nitrogens with zero attached hydrogens (tertiary/aromatic N) is 1. The van der Waals surface area contributed by atoms with Crippen molar-refractivity contribution in [3.05, 3.63) is 0 Å². The van der Waals surface area contributed by atoms with Gasteiger partial charge < -0.3 is 9.94 Å². The van der Waals surface area contributed by atoms with Crippen LogP contribution in [0, 0.1) is 0 Å². The van der Waals surface area contributed by atoms with Crippen LogP contribution >= 0.6 is 0 Å². The first-order chi connectivity index (χ1) is 8.62. The first-order valence-corrected chi connectivity index (χ1v) is 6.39. The molecule has 0 aromatic rings. The minimum atomic E-state index is -4.78. The smallest absolute Gasteiger partial charge is 0.333 e. The van der Waals surface area contributed by atoms with Crippen LogP contribution in [0.5, 0.6) is 0 Å². The molecule has 2 N–H and O–H groups in total. The van der Waals surface area contributed by atoms with E-state index in [-0.39, 0.29) is 5.06 Å². The van der Waals surface area contributed by atoms with Crippen LogP contribution in [0.25, 0.3) is 0 Å². The number of hydrogen-bond donors (Lipinski definition) is 2. The summed E-state index contributed by atoms with van der Waals surface area (Å²) >= 11 is 0. The Bertz CT molecular complexity index is 536. The fraction of sp³-hybridized carbons (Fsp3) is 0.500. The molecule has 1 heterocycles. The Hall–Kier alpha value is -2.01. The van der Waals surface area contributed by atoms with Crippen molar-refractivity contribution in [2.24, 2.45) is 0 Å². The summed E-state index contributed by atoms with van der Waals surface area (Å²) in [4.78, 5) is 48.2. The van der Waals surface area contributed by atoms with Gasteiger partial charge in [0.05, 0.1) is 19.3 Å². The van der Waals surface area contributed by atoms with Crippen LogP contribution in [0.4, 0.5) is 0 Å². The van der Waals surface area contributed by atoms with Crippen molar-refractivity contribution < 1.29 is 42.1 Å². The van der Waals surface area contributed by atoms with Crippen LogP contribution in [-0.4, -0.2) is 52.1 Å². The second kappa shape index (κ2) is 5.32. The highest BCUT2D eigenvalue weighted by Crippen LogP contribution is 2.20. The number of amides is 2. The monoisotopic (exact) mass is 295 g/mol. The van der Waals surface area contributed by atoms with Crippen molar-refractivity contribution in [1.29, 1.82) is 0 Å². The summed E-state index contributed by atoms with van der Waals surface area (Å²) in [5.74, 6) is -4.97. The summed E-state index contributed by atoms with van der Waals surface area (Å²) in [5.41, 5.74) is 0. The molecule has 1 rings (SSSR count). The summed E-state index contributed by atoms with van der Waals surface area (Å²) in [5, 5.41) is 6.22. The molecule has 1 atom stereocenters. The van der Waals surface area contributed by atoms with Crippen LogP contribution in [-0.2, 0) is 34.1 Å². The molecule has 2 amide bonds. The molecule has 0 spiro atoms. The van der Waals surface area contributed by atoms with E-state index < -0.39 is 58.4 Å². The Kier molecular flexibility index (Phi) is 4.21. The third-order valence-electron chi connectivity index (χ3n) is 2.16. The number of hydroxylamine groups is 2. The molecule has 1 saturated heterocycles. The van der Waals surface area contributed by atoms with E-state index in [1.54, 1.807) is 0 Å². The predicted octanol–water partition coefficient (Wildman–Crippen LogP) is -1.68. The lowest BCUT2D eigenvalue weighted by molar-refractivity contribution is -0.197. The summed E-state index contributed by atoms with van der Waals surface area (Å²) in [6, 6.07) is 0. The highest BCUT2D eigenvalue weighted by atomic mass is 32.2. The number of aliphatic carboxylic acids is 1. The normalized spacial score (nSPS) is 19.6. The number of carboxylic acids is 1. The topological polar surface area (TPSA) is 155 Å². The fourth-order valence-electron chi connectivity index (χ4n) is 1.27. The molecule has 0 aromatic carbocycles. The Morgan fingerprint density at radius 1 is 1.32 bits per heavy atom. The van der Waals surface area contributed by atoms with Crippen LogP contribution in [0.3, 0.4) is 0 Å². The maximum absolute atomic E-state index is 11.4. The molecule has 1 aliphatic heterocycles. The standard InChI is InChI=1S/C8H9NO9S/c10-5-3-4(19(15,16)17)8(14)9(5)18-7(13)2-1-6(11)12/h4H,1-3H2,(H,11,12)(H,15,16,17)/t4-/m0/s1. The third kappa shape index (κ3) is 3.72. The molecule has 1 fully saturated rings. The van der Waals surface area contributed by atoms with Crippen molar-refractivity contribution in [2.75, 3.05) is 0 Å². The van der Waals surface area contributed by atoms with Gasteiger partial charge in [-0.25, -0.2) is 4.79 Å². The summed E-state index contributed by atoms with van der Waals surface area (Å²) < 4.78 is 30.2. The first kappa shape index (κ1) is 15.0. The minimum Gasteiger partial charge on any atom is -0.481 e. The maximum atomic E-state index is 11.4. The van der Waals surface area contributed by atoms with E-state index in [2.05, 4.69) is 4.84 Å². The third-order valence-corrected chi connectivity index (χ3v) is 3.25. The minimum absolute atomic E-state index is 0.0807. The van der Waals surface area contributed by atoms with Crippen molar-refractivity contribution >= 4 is 33.9 Å². The Labute approximate surface area is 106 Å². The van der Waals surface area contributed by atoms with Crippen LogP contribution < -0.4 is 0 Å². The SMILES string of the molecule is O=C(O)CCC(=O)ON1C(=O)C[C@H](S(=O)(=O)O)C1=O. The van der Waals surface area contributed by atoms with Gasteiger partial charge in [0, 0.05) is 0 Å². The van der Waals surface area contributed by atoms with Gasteiger partial charge in [-0.2, -0.15) is 8.42 Å². The molecular weight excluding hydrogens is 286 g/mol. The number of carboxylic acid groups (broad SMARTS) is 1. The van der Waals surface area contributed by atoms with E-state index in [1.165, 1.54) is 0 Å². The average molecular weight is 295 g/mol. The summed E-state index contributed by atoms with van der Waals surface area (Å²) in [6.07, 6.45) is -2.01. The van der Waals surface area contributed by atoms with E-state index in [9.17, 15) is 27.6 Å². The number of rotatable bonds is 5. The van der Waals surface area contributed by atoms with Gasteiger partial charge in [0.2, 0.25) is 0 Å². The maximum Gasteiger partial charge on any atom is 0.333 e. The molecule has 0 radical (unpaired) electrons. The van der Waals surface area contributed by atoms with Crippen molar-refractivity contribution in [1.82, 2.24) is 5.06 Å². The van der Waals surface area contributed by atoms with Gasteiger partial charge in [0.1, 0.15) is 0 Å². The van der Waals surface area contributed by atoms with E-state index in [1.807, 2.05) is 0 Å². The molecule has 11 heteroatoms. The van der Waals surface area contributed by atoms with Gasteiger partial charge in [-0.3, -0.25) is 18.9 Å². The Morgan fingerprint density at radius 2 is 1.89 bits per heavy atom. The highest BCUT2D eigenvalue weighted by molar-refractivity contribution is 7.87. The Morgan fingerprint density at radius 3 is 2.32 bits per heavy atom. The zero-order valence-electron chi connectivity index (χ0n) is 9.31. The van der Waals surface area contributed by atoms with Gasteiger partial charge in [-0.15, -0.1) is 5.06 Å². The van der Waals surface area contributed by atoms with Gasteiger partial charge in [-0.1, -0.05) is 0 Å².